The number of hydrogen-bond acceptors (Lipinski definition) is 3. The normalized spacial score (nSPS) is 21.9. The molecule has 2 unspecified atom stereocenters. The van der Waals surface area contributed by atoms with E-state index in [1.165, 1.54) is 0 Å². The molecular weight excluding hydrogens is 269 g/mol. The molecule has 2 atom stereocenters. The number of halogens is 1. The lowest BCUT2D eigenvalue weighted by atomic mass is 15.8. The molecule has 8 heavy (non-hydrogen) atoms. The van der Waals surface area contributed by atoms with Gasteiger partial charge in [0.25, 0.3) is 0 Å². The summed E-state index contributed by atoms with van der Waals surface area (Å²) in [7, 11) is -3.26. The van der Waals surface area contributed by atoms with Crippen molar-refractivity contribution in [1.29, 1.82) is 0 Å². The van der Waals surface area contributed by atoms with Crippen LogP contribution in [0.15, 0.2) is 0 Å². The topological polar surface area (TPSA) is 83.8 Å². The van der Waals surface area contributed by atoms with Gasteiger partial charge in [-0.1, -0.05) is 0 Å². The van der Waals surface area contributed by atoms with Crippen molar-refractivity contribution in [3.63, 3.8) is 0 Å². The monoisotopic (exact) mass is 272 g/mol. The molecule has 0 spiro atoms. The second-order valence-corrected chi connectivity index (χ2v) is 6.63. The van der Waals surface area contributed by atoms with Gasteiger partial charge in [0.15, 0.2) is 0 Å². The number of hydrogen-bond donors (Lipinski definition) is 2. The fourth-order valence-electron chi connectivity index (χ4n) is 0.0963. The van der Waals surface area contributed by atoms with E-state index in [-0.39, 0.29) is 0 Å². The van der Waals surface area contributed by atoms with Crippen LogP contribution in [0.5, 0.6) is 0 Å². The van der Waals surface area contributed by atoms with Crippen molar-refractivity contribution in [2.45, 2.75) is 0 Å². The van der Waals surface area contributed by atoms with Crippen molar-refractivity contribution in [3.05, 3.63) is 0 Å². The summed E-state index contributed by atoms with van der Waals surface area (Å²) in [6.45, 7) is 0. The largest absolute Gasteiger partial charge is 0.393 e. The molecule has 8 heteroatoms. The van der Waals surface area contributed by atoms with Crippen LogP contribution in [0.2, 0.25) is 0 Å². The van der Waals surface area contributed by atoms with E-state index in [0.717, 1.165) is 22.0 Å². The van der Waals surface area contributed by atoms with Gasteiger partial charge in [-0.3, -0.25) is 4.57 Å². The van der Waals surface area contributed by atoms with E-state index < -0.39 is 13.5 Å². The fourth-order valence-corrected chi connectivity index (χ4v) is 2.38. The van der Waals surface area contributed by atoms with E-state index >= 15 is 0 Å². The highest BCUT2D eigenvalue weighted by Crippen LogP contribution is 2.56. The van der Waals surface area contributed by atoms with E-state index in [0.29, 0.717) is 0 Å². The highest BCUT2D eigenvalue weighted by Gasteiger charge is 2.14. The molecule has 0 aromatic carbocycles. The quantitative estimate of drug-likeness (QED) is 0.576. The van der Waals surface area contributed by atoms with Gasteiger partial charge in [-0.25, -0.2) is 8.88 Å². The van der Waals surface area contributed by atoms with Crippen molar-refractivity contribution in [3.8, 4) is 0 Å². The molecule has 2 N–H and O–H groups in total. The van der Waals surface area contributed by atoms with Gasteiger partial charge in [0.2, 0.25) is 0 Å². The van der Waals surface area contributed by atoms with E-state index in [2.05, 4.69) is 4.31 Å². The second-order valence-electron chi connectivity index (χ2n) is 0.809. The smallest absolute Gasteiger partial charge is 0.326 e. The van der Waals surface area contributed by atoms with E-state index in [1.807, 2.05) is 0 Å². The van der Waals surface area contributed by atoms with Crippen LogP contribution in [0.3, 0.4) is 0 Å². The van der Waals surface area contributed by atoms with Crippen LogP contribution in [0.25, 0.3) is 0 Å². The third-order valence-corrected chi connectivity index (χ3v) is 3.49. The standard InChI is InChI=1S/H3IO5P2/c1-8(4,5)6-7(2)3/h7H,(H,2,3)(H,4,5). The Morgan fingerprint density at radius 1 is 1.75 bits per heavy atom. The summed E-state index contributed by atoms with van der Waals surface area (Å²) < 4.78 is 23.3. The Labute approximate surface area is 59.0 Å². The first-order chi connectivity index (χ1) is 3.42. The lowest BCUT2D eigenvalue weighted by Gasteiger charge is -1.97. The molecule has 0 amide bonds. The summed E-state index contributed by atoms with van der Waals surface area (Å²) in [4.78, 5) is 16.0. The zero-order valence-electron chi connectivity index (χ0n) is 3.44. The molecule has 0 aromatic rings. The Morgan fingerprint density at radius 2 is 2.12 bits per heavy atom. The van der Waals surface area contributed by atoms with E-state index in [4.69, 9.17) is 9.79 Å². The molecule has 5 nitrogen and oxygen atoms in total. The summed E-state index contributed by atoms with van der Waals surface area (Å²) in [5, 5.41) is -3.77. The SMILES string of the molecule is O=[PH](O)OP(=O)(O)I. The second kappa shape index (κ2) is 3.29. The third kappa shape index (κ3) is 7.07. The van der Waals surface area contributed by atoms with Crippen molar-refractivity contribution in [2.24, 2.45) is 0 Å². The molecule has 0 rings (SSSR count). The minimum absolute atomic E-state index is 1.05. The molecule has 0 saturated carbocycles. The Bertz CT molecular complexity index is 133. The minimum Gasteiger partial charge on any atom is -0.326 e. The van der Waals surface area contributed by atoms with Crippen molar-refractivity contribution in [1.82, 2.24) is 0 Å². The van der Waals surface area contributed by atoms with Crippen molar-refractivity contribution in [2.75, 3.05) is 0 Å². The molecule has 50 valence electrons. The van der Waals surface area contributed by atoms with Crippen LogP contribution in [0.1, 0.15) is 0 Å². The van der Waals surface area contributed by atoms with E-state index in [1.54, 1.807) is 0 Å². The van der Waals surface area contributed by atoms with Crippen LogP contribution in [-0.4, -0.2) is 9.79 Å². The molecule has 0 aliphatic carbocycles. The predicted molar refractivity (Wildman–Crippen MR) is 36.2 cm³/mol. The highest BCUT2D eigenvalue weighted by molar-refractivity contribution is 14.2. The van der Waals surface area contributed by atoms with Crippen molar-refractivity contribution >= 4 is 35.5 Å². The molecule has 0 fully saturated rings. The Balaban J connectivity index is 3.74. The Kier molecular flexibility index (Phi) is 3.73. The first kappa shape index (κ1) is 9.07. The zero-order chi connectivity index (χ0) is 6.78. The maximum absolute atomic E-state index is 10.0. The molecule has 0 bridgehead atoms. The first-order valence-corrected chi connectivity index (χ1v) is 6.99. The van der Waals surface area contributed by atoms with E-state index in [9.17, 15) is 9.13 Å². The maximum Gasteiger partial charge on any atom is 0.393 e. The third-order valence-electron chi connectivity index (χ3n) is 0.191. The Hall–Kier alpha value is 1.07. The average Bonchev–Trinajstić information content (AvgIpc) is 1.21. The molecule has 0 heterocycles. The molecular formula is H3IO5P2. The fraction of sp³-hybridized carbons (Fsp3) is 0. The summed E-state index contributed by atoms with van der Waals surface area (Å²) in [5.41, 5.74) is 0. The average molecular weight is 272 g/mol. The van der Waals surface area contributed by atoms with Crippen molar-refractivity contribution < 1.29 is 23.2 Å². The van der Waals surface area contributed by atoms with Gasteiger partial charge >= 0.3 is 13.5 Å². The van der Waals surface area contributed by atoms with Gasteiger partial charge in [0.05, 0.1) is 22.0 Å². The van der Waals surface area contributed by atoms with Crippen LogP contribution in [0, 0.1) is 0 Å². The molecule has 0 aliphatic rings. The lowest BCUT2D eigenvalue weighted by molar-refractivity contribution is 0.369. The Morgan fingerprint density at radius 3 is 2.12 bits per heavy atom. The molecule has 0 aliphatic heterocycles. The van der Waals surface area contributed by atoms with Gasteiger partial charge in [-0.15, -0.1) is 0 Å². The van der Waals surface area contributed by atoms with Crippen LogP contribution in [-0.2, 0) is 13.4 Å². The van der Waals surface area contributed by atoms with Crippen LogP contribution in [0.4, 0.5) is 0 Å². The van der Waals surface area contributed by atoms with Gasteiger partial charge < -0.3 is 9.79 Å². The lowest BCUT2D eigenvalue weighted by Crippen LogP contribution is -1.66. The summed E-state index contributed by atoms with van der Waals surface area (Å²) in [5.74, 6) is 0. The maximum atomic E-state index is 10.0. The zero-order valence-corrected chi connectivity index (χ0v) is 7.50. The van der Waals surface area contributed by atoms with Gasteiger partial charge in [0, 0.05) is 0 Å². The van der Waals surface area contributed by atoms with Gasteiger partial charge in [-0.2, -0.15) is 0 Å². The first-order valence-electron chi connectivity index (χ1n) is 1.37. The van der Waals surface area contributed by atoms with Gasteiger partial charge in [0.1, 0.15) is 0 Å². The number of rotatable bonds is 2. The molecule has 0 aromatic heterocycles. The predicted octanol–water partition coefficient (Wildman–Crippen LogP) is 0.920. The molecule has 0 saturated heterocycles. The van der Waals surface area contributed by atoms with Crippen LogP contribution < -0.4 is 0 Å². The molecule has 0 radical (unpaired) electrons. The van der Waals surface area contributed by atoms with Gasteiger partial charge in [-0.05, 0) is 0 Å². The highest BCUT2D eigenvalue weighted by atomic mass is 127. The van der Waals surface area contributed by atoms with Crippen LogP contribution >= 0.6 is 35.5 Å². The summed E-state index contributed by atoms with van der Waals surface area (Å²) >= 11 is 1.05. The summed E-state index contributed by atoms with van der Waals surface area (Å²) in [6.07, 6.45) is 0. The summed E-state index contributed by atoms with van der Waals surface area (Å²) in [6, 6.07) is 0. The minimum atomic E-state index is -3.77.